The first-order valence-electron chi connectivity index (χ1n) is 11.6. The Bertz CT molecular complexity index is 1020. The van der Waals surface area contributed by atoms with Crippen LogP contribution in [-0.4, -0.2) is 41.8 Å². The van der Waals surface area contributed by atoms with Crippen LogP contribution < -0.4 is 15.8 Å². The number of nitrogens with one attached hydrogen (secondary N) is 1. The van der Waals surface area contributed by atoms with Gasteiger partial charge in [0.2, 0.25) is 5.91 Å². The van der Waals surface area contributed by atoms with Gasteiger partial charge in [0.1, 0.15) is 11.4 Å². The average molecular weight is 443 g/mol. The second-order valence-corrected chi connectivity index (χ2v) is 11.2. The van der Waals surface area contributed by atoms with Gasteiger partial charge in [-0.2, -0.15) is 0 Å². The summed E-state index contributed by atoms with van der Waals surface area (Å²) in [6, 6.07) is 1.77. The van der Waals surface area contributed by atoms with Crippen LogP contribution in [0.15, 0.2) is 6.07 Å². The van der Waals surface area contributed by atoms with E-state index in [9.17, 15) is 14.7 Å². The Kier molecular flexibility index (Phi) is 4.55. The SMILES string of the molecule is CO[C@H]1C[C@@]23Oc4c(cc(C(N)=O)c5c4CNC5=O)CC2(C)[C@@H](C)CCC3C(C)(C)[C@H]1O. The molecule has 174 valence electrons. The van der Waals surface area contributed by atoms with Crippen LogP contribution in [0.2, 0.25) is 0 Å². The lowest BCUT2D eigenvalue weighted by molar-refractivity contribution is -0.264. The predicted molar refractivity (Wildman–Crippen MR) is 118 cm³/mol. The Morgan fingerprint density at radius 3 is 2.69 bits per heavy atom. The highest BCUT2D eigenvalue weighted by molar-refractivity contribution is 6.10. The fourth-order valence-corrected chi connectivity index (χ4v) is 7.49. The van der Waals surface area contributed by atoms with Gasteiger partial charge in [-0.05, 0) is 42.2 Å². The Morgan fingerprint density at radius 2 is 2.03 bits per heavy atom. The van der Waals surface area contributed by atoms with Gasteiger partial charge in [-0.25, -0.2) is 0 Å². The van der Waals surface area contributed by atoms with Gasteiger partial charge in [0.25, 0.3) is 5.91 Å². The molecule has 7 nitrogen and oxygen atoms in total. The third-order valence-electron chi connectivity index (χ3n) is 9.54. The molecule has 32 heavy (non-hydrogen) atoms. The van der Waals surface area contributed by atoms with Crippen molar-refractivity contribution in [3.05, 3.63) is 28.3 Å². The molecule has 7 heteroatoms. The largest absolute Gasteiger partial charge is 0.486 e. The number of rotatable bonds is 2. The van der Waals surface area contributed by atoms with Crippen LogP contribution in [0.4, 0.5) is 0 Å². The number of carbonyl (C=O) groups excluding carboxylic acids is 2. The molecule has 1 aromatic rings. The molecule has 2 saturated carbocycles. The maximum absolute atomic E-state index is 12.6. The number of fused-ring (bicyclic) bond motifs is 3. The molecule has 0 aromatic heterocycles. The molecule has 2 amide bonds. The summed E-state index contributed by atoms with van der Waals surface area (Å²) in [5.74, 6) is 0.334. The number of amides is 2. The molecule has 2 aliphatic carbocycles. The summed E-state index contributed by atoms with van der Waals surface area (Å²) in [5, 5.41) is 14.0. The Hall–Kier alpha value is -2.12. The summed E-state index contributed by atoms with van der Waals surface area (Å²) in [6.07, 6.45) is 2.40. The number of benzene rings is 1. The summed E-state index contributed by atoms with van der Waals surface area (Å²) >= 11 is 0. The van der Waals surface area contributed by atoms with E-state index in [1.165, 1.54) is 0 Å². The van der Waals surface area contributed by atoms with Gasteiger partial charge >= 0.3 is 0 Å². The van der Waals surface area contributed by atoms with Crippen molar-refractivity contribution in [2.24, 2.45) is 28.4 Å². The number of ether oxygens (including phenoxy) is 2. The van der Waals surface area contributed by atoms with Gasteiger partial charge in [0.05, 0.1) is 23.3 Å². The molecule has 2 fully saturated rings. The summed E-state index contributed by atoms with van der Waals surface area (Å²) in [4.78, 5) is 24.8. The molecule has 2 unspecified atom stereocenters. The van der Waals surface area contributed by atoms with E-state index in [4.69, 9.17) is 15.2 Å². The Balaban J connectivity index is 1.75. The molecule has 2 aliphatic heterocycles. The van der Waals surface area contributed by atoms with Crippen LogP contribution in [0.5, 0.6) is 5.75 Å². The molecule has 4 aliphatic rings. The monoisotopic (exact) mass is 442 g/mol. The Morgan fingerprint density at radius 1 is 1.31 bits per heavy atom. The molecule has 1 aromatic carbocycles. The summed E-state index contributed by atoms with van der Waals surface area (Å²) in [6.45, 7) is 9.13. The minimum atomic E-state index is -0.595. The minimum absolute atomic E-state index is 0.127. The molecule has 2 heterocycles. The summed E-state index contributed by atoms with van der Waals surface area (Å²) in [5.41, 5.74) is 6.77. The number of aliphatic hydroxyl groups is 1. The van der Waals surface area contributed by atoms with Crippen molar-refractivity contribution >= 4 is 11.8 Å². The van der Waals surface area contributed by atoms with E-state index in [0.717, 1.165) is 30.4 Å². The normalized spacial score (nSPS) is 39.1. The minimum Gasteiger partial charge on any atom is -0.486 e. The van der Waals surface area contributed by atoms with Crippen LogP contribution >= 0.6 is 0 Å². The molecule has 6 atom stereocenters. The van der Waals surface area contributed by atoms with Gasteiger partial charge in [-0.3, -0.25) is 9.59 Å². The third-order valence-corrected chi connectivity index (χ3v) is 9.54. The molecule has 1 spiro atoms. The first-order chi connectivity index (χ1) is 15.0. The number of aliphatic hydroxyl groups excluding tert-OH is 1. The second-order valence-electron chi connectivity index (χ2n) is 11.2. The lowest BCUT2D eigenvalue weighted by Gasteiger charge is -2.68. The van der Waals surface area contributed by atoms with Crippen LogP contribution in [0.3, 0.4) is 0 Å². The number of primary amides is 1. The van der Waals surface area contributed by atoms with E-state index in [2.05, 4.69) is 33.0 Å². The topological polar surface area (TPSA) is 111 Å². The van der Waals surface area contributed by atoms with Crippen molar-refractivity contribution in [2.75, 3.05) is 7.11 Å². The third kappa shape index (κ3) is 2.49. The zero-order chi connectivity index (χ0) is 23.2. The first kappa shape index (κ1) is 21.7. The number of hydrogen-bond acceptors (Lipinski definition) is 5. The first-order valence-corrected chi connectivity index (χ1v) is 11.6. The Labute approximate surface area is 189 Å². The van der Waals surface area contributed by atoms with E-state index in [0.29, 0.717) is 30.2 Å². The molecular weight excluding hydrogens is 408 g/mol. The summed E-state index contributed by atoms with van der Waals surface area (Å²) < 4.78 is 12.9. The van der Waals surface area contributed by atoms with E-state index in [-0.39, 0.29) is 28.9 Å². The number of nitrogens with two attached hydrogens (primary N) is 1. The molecule has 5 rings (SSSR count). The van der Waals surface area contributed by atoms with E-state index in [1.54, 1.807) is 13.2 Å². The number of carbonyl (C=O) groups is 2. The maximum atomic E-state index is 12.6. The van der Waals surface area contributed by atoms with Gasteiger partial charge in [0, 0.05) is 37.0 Å². The second kappa shape index (κ2) is 6.70. The number of hydrogen-bond donors (Lipinski definition) is 3. The van der Waals surface area contributed by atoms with Crippen molar-refractivity contribution in [3.8, 4) is 5.75 Å². The van der Waals surface area contributed by atoms with Crippen molar-refractivity contribution < 1.29 is 24.2 Å². The molecule has 0 radical (unpaired) electrons. The average Bonchev–Trinajstić information content (AvgIpc) is 3.11. The van der Waals surface area contributed by atoms with Crippen LogP contribution in [0.1, 0.15) is 78.8 Å². The van der Waals surface area contributed by atoms with Crippen molar-refractivity contribution in [1.29, 1.82) is 0 Å². The van der Waals surface area contributed by atoms with E-state index >= 15 is 0 Å². The number of methoxy groups -OCH3 is 1. The van der Waals surface area contributed by atoms with E-state index < -0.39 is 23.0 Å². The predicted octanol–water partition coefficient (Wildman–Crippen LogP) is 2.56. The van der Waals surface area contributed by atoms with Crippen molar-refractivity contribution in [1.82, 2.24) is 5.32 Å². The van der Waals surface area contributed by atoms with Crippen molar-refractivity contribution in [2.45, 2.75) is 77.7 Å². The molecule has 0 saturated heterocycles. The van der Waals surface area contributed by atoms with Gasteiger partial charge in [-0.15, -0.1) is 0 Å². The lowest BCUT2D eigenvalue weighted by Crippen LogP contribution is -2.73. The zero-order valence-corrected chi connectivity index (χ0v) is 19.6. The fraction of sp³-hybridized carbons (Fsp3) is 0.680. The van der Waals surface area contributed by atoms with Gasteiger partial charge in [-0.1, -0.05) is 27.7 Å². The van der Waals surface area contributed by atoms with Gasteiger partial charge < -0.3 is 25.6 Å². The smallest absolute Gasteiger partial charge is 0.252 e. The summed E-state index contributed by atoms with van der Waals surface area (Å²) in [7, 11) is 1.65. The van der Waals surface area contributed by atoms with Crippen molar-refractivity contribution in [3.63, 3.8) is 0 Å². The molecule has 4 N–H and O–H groups in total. The highest BCUT2D eigenvalue weighted by atomic mass is 16.5. The molecular formula is C25H34N2O5. The highest BCUT2D eigenvalue weighted by Crippen LogP contribution is 2.66. The highest BCUT2D eigenvalue weighted by Gasteiger charge is 2.69. The van der Waals surface area contributed by atoms with Crippen LogP contribution in [0.25, 0.3) is 0 Å². The maximum Gasteiger partial charge on any atom is 0.252 e. The quantitative estimate of drug-likeness (QED) is 0.652. The standard InChI is InChI=1S/C25H34N2O5/c1-12-6-7-17-23(2,3)20(28)16(31-5)10-25(17)24(12,4)9-13-8-14(21(26)29)18-15(19(13)32-25)11-27-22(18)30/h8,12,16-17,20,28H,6-7,9-11H2,1-5H3,(H2,26,29)(H,27,30)/t12-,16-,17?,20-,24?,25-/m0/s1. The lowest BCUT2D eigenvalue weighted by atomic mass is 9.43. The molecule has 0 bridgehead atoms. The fourth-order valence-electron chi connectivity index (χ4n) is 7.49. The van der Waals surface area contributed by atoms with Gasteiger partial charge in [0.15, 0.2) is 0 Å². The van der Waals surface area contributed by atoms with E-state index in [1.807, 2.05) is 0 Å². The van der Waals surface area contributed by atoms with Crippen LogP contribution in [-0.2, 0) is 17.7 Å². The van der Waals surface area contributed by atoms with Crippen LogP contribution in [0, 0.1) is 22.7 Å². The zero-order valence-electron chi connectivity index (χ0n) is 19.6.